The lowest BCUT2D eigenvalue weighted by Crippen LogP contribution is -2.10. The molecule has 2 heterocycles. The second-order valence-electron chi connectivity index (χ2n) is 4.95. The van der Waals surface area contributed by atoms with Crippen molar-refractivity contribution in [3.05, 3.63) is 77.6 Å². The first-order valence-corrected chi connectivity index (χ1v) is 6.65. The van der Waals surface area contributed by atoms with Crippen molar-refractivity contribution in [1.82, 2.24) is 14.5 Å². The molecule has 4 nitrogen and oxygen atoms in total. The van der Waals surface area contributed by atoms with Crippen LogP contribution in [0.25, 0.3) is 5.69 Å². The number of benzene rings is 1. The summed E-state index contributed by atoms with van der Waals surface area (Å²) in [5, 5.41) is 10.4. The van der Waals surface area contributed by atoms with Gasteiger partial charge in [0.1, 0.15) is 17.5 Å². The molecule has 0 fully saturated rings. The van der Waals surface area contributed by atoms with E-state index in [-0.39, 0.29) is 17.3 Å². The minimum Gasteiger partial charge on any atom is -0.379 e. The number of aliphatic hydroxyl groups excluding tert-OH is 1. The van der Waals surface area contributed by atoms with E-state index in [1.165, 1.54) is 30.5 Å². The van der Waals surface area contributed by atoms with Crippen LogP contribution in [-0.4, -0.2) is 19.6 Å². The van der Waals surface area contributed by atoms with E-state index in [1.807, 2.05) is 0 Å². The molecule has 0 bridgehead atoms. The minimum absolute atomic E-state index is 0.266. The van der Waals surface area contributed by atoms with E-state index in [2.05, 4.69) is 9.97 Å². The molecule has 0 radical (unpaired) electrons. The van der Waals surface area contributed by atoms with Gasteiger partial charge >= 0.3 is 0 Å². The quantitative estimate of drug-likeness (QED) is 0.809. The molecule has 0 saturated heterocycles. The van der Waals surface area contributed by atoms with E-state index in [4.69, 9.17) is 0 Å². The molecule has 0 amide bonds. The normalized spacial score (nSPS) is 12.4. The van der Waals surface area contributed by atoms with Crippen LogP contribution in [0.5, 0.6) is 0 Å². The summed E-state index contributed by atoms with van der Waals surface area (Å²) in [4.78, 5) is 7.96. The number of aromatic nitrogens is 3. The molecule has 1 atom stereocenters. The van der Waals surface area contributed by atoms with Crippen LogP contribution in [-0.2, 0) is 0 Å². The molecule has 0 aliphatic rings. The van der Waals surface area contributed by atoms with Crippen molar-refractivity contribution in [1.29, 1.82) is 0 Å². The number of aryl methyl sites for hydroxylation is 1. The lowest BCUT2D eigenvalue weighted by molar-refractivity contribution is 0.203. The van der Waals surface area contributed by atoms with Gasteiger partial charge in [-0.2, -0.15) is 0 Å². The fourth-order valence-corrected chi connectivity index (χ4v) is 2.27. The Morgan fingerprint density at radius 2 is 1.91 bits per heavy atom. The maximum absolute atomic E-state index is 13.6. The van der Waals surface area contributed by atoms with Crippen LogP contribution in [0.2, 0.25) is 0 Å². The molecule has 3 aromatic rings. The SMILES string of the molecule is Cc1cc(F)cc(-n2ccnc2C(O)c2ccc(F)cn2)c1. The molecule has 1 unspecified atom stereocenters. The molecule has 3 rings (SSSR count). The summed E-state index contributed by atoms with van der Waals surface area (Å²) in [5.41, 5.74) is 1.57. The summed E-state index contributed by atoms with van der Waals surface area (Å²) < 4.78 is 28.1. The van der Waals surface area contributed by atoms with Crippen LogP contribution in [0.4, 0.5) is 8.78 Å². The van der Waals surface area contributed by atoms with E-state index in [1.54, 1.807) is 23.8 Å². The van der Waals surface area contributed by atoms with E-state index >= 15 is 0 Å². The maximum atomic E-state index is 13.6. The molecule has 6 heteroatoms. The summed E-state index contributed by atoms with van der Waals surface area (Å²) in [7, 11) is 0. The number of imidazole rings is 1. The molecule has 1 aromatic carbocycles. The Bertz CT molecular complexity index is 779. The summed E-state index contributed by atoms with van der Waals surface area (Å²) in [6.07, 6.45) is 3.01. The third-order valence-electron chi connectivity index (χ3n) is 3.25. The predicted octanol–water partition coefficient (Wildman–Crippen LogP) is 2.94. The van der Waals surface area contributed by atoms with Gasteiger partial charge in [-0.25, -0.2) is 13.8 Å². The van der Waals surface area contributed by atoms with E-state index < -0.39 is 11.9 Å². The largest absolute Gasteiger partial charge is 0.379 e. The first-order chi connectivity index (χ1) is 10.5. The fourth-order valence-electron chi connectivity index (χ4n) is 2.27. The summed E-state index contributed by atoms with van der Waals surface area (Å²) in [5.74, 6) is -0.576. The van der Waals surface area contributed by atoms with Crippen molar-refractivity contribution in [2.75, 3.05) is 0 Å². The second-order valence-corrected chi connectivity index (χ2v) is 4.95. The van der Waals surface area contributed by atoms with Crippen LogP contribution in [0, 0.1) is 18.6 Å². The Hall–Kier alpha value is -2.60. The Morgan fingerprint density at radius 1 is 1.09 bits per heavy atom. The summed E-state index contributed by atoms with van der Waals surface area (Å²) >= 11 is 0. The van der Waals surface area contributed by atoms with Crippen LogP contribution >= 0.6 is 0 Å². The number of nitrogens with zero attached hydrogens (tertiary/aromatic N) is 3. The van der Waals surface area contributed by atoms with Crippen molar-refractivity contribution in [3.8, 4) is 5.69 Å². The standard InChI is InChI=1S/C16H13F2N3O/c1-10-6-12(18)8-13(7-10)21-5-4-19-16(21)15(22)14-3-2-11(17)9-20-14/h2-9,15,22H,1H3. The first-order valence-electron chi connectivity index (χ1n) is 6.65. The van der Waals surface area contributed by atoms with Gasteiger partial charge in [-0.1, -0.05) is 0 Å². The Kier molecular flexibility index (Phi) is 3.68. The lowest BCUT2D eigenvalue weighted by Gasteiger charge is -2.13. The molecule has 0 aliphatic heterocycles. The van der Waals surface area contributed by atoms with Crippen molar-refractivity contribution < 1.29 is 13.9 Å². The molecule has 22 heavy (non-hydrogen) atoms. The van der Waals surface area contributed by atoms with Crippen molar-refractivity contribution in [2.45, 2.75) is 13.0 Å². The average molecular weight is 301 g/mol. The predicted molar refractivity (Wildman–Crippen MR) is 76.5 cm³/mol. The fraction of sp³-hybridized carbons (Fsp3) is 0.125. The molecule has 0 spiro atoms. The highest BCUT2D eigenvalue weighted by Crippen LogP contribution is 2.23. The molecule has 112 valence electrons. The van der Waals surface area contributed by atoms with E-state index in [0.29, 0.717) is 5.69 Å². The van der Waals surface area contributed by atoms with Crippen LogP contribution in [0.15, 0.2) is 48.9 Å². The molecular formula is C16H13F2N3O. The zero-order valence-electron chi connectivity index (χ0n) is 11.7. The van der Waals surface area contributed by atoms with Crippen molar-refractivity contribution in [3.63, 3.8) is 0 Å². The van der Waals surface area contributed by atoms with Crippen molar-refractivity contribution in [2.24, 2.45) is 0 Å². The molecule has 1 N–H and O–H groups in total. The number of halogens is 2. The Labute approximate surface area is 125 Å². The van der Waals surface area contributed by atoms with Crippen molar-refractivity contribution >= 4 is 0 Å². The van der Waals surface area contributed by atoms with Gasteiger partial charge in [0.05, 0.1) is 11.9 Å². The number of aliphatic hydroxyl groups is 1. The van der Waals surface area contributed by atoms with Gasteiger partial charge in [0.2, 0.25) is 0 Å². The van der Waals surface area contributed by atoms with Gasteiger partial charge < -0.3 is 9.67 Å². The highest BCUT2D eigenvalue weighted by molar-refractivity contribution is 5.38. The molecule has 2 aromatic heterocycles. The Balaban J connectivity index is 2.03. The molecular weight excluding hydrogens is 288 g/mol. The van der Waals surface area contributed by atoms with Gasteiger partial charge in [0.15, 0.2) is 6.10 Å². The summed E-state index contributed by atoms with van der Waals surface area (Å²) in [6.45, 7) is 1.78. The third kappa shape index (κ3) is 2.73. The maximum Gasteiger partial charge on any atom is 0.154 e. The van der Waals surface area contributed by atoms with Crippen LogP contribution in [0.3, 0.4) is 0 Å². The topological polar surface area (TPSA) is 50.9 Å². The monoisotopic (exact) mass is 301 g/mol. The number of hydrogen-bond acceptors (Lipinski definition) is 3. The van der Waals surface area contributed by atoms with Gasteiger partial charge in [-0.05, 0) is 42.8 Å². The van der Waals surface area contributed by atoms with Gasteiger partial charge in [0, 0.05) is 18.1 Å². The molecule has 0 saturated carbocycles. The Morgan fingerprint density at radius 3 is 2.59 bits per heavy atom. The lowest BCUT2D eigenvalue weighted by atomic mass is 10.2. The smallest absolute Gasteiger partial charge is 0.154 e. The highest BCUT2D eigenvalue weighted by atomic mass is 19.1. The van der Waals surface area contributed by atoms with E-state index in [0.717, 1.165) is 11.8 Å². The van der Waals surface area contributed by atoms with Gasteiger partial charge in [-0.15, -0.1) is 0 Å². The summed E-state index contributed by atoms with van der Waals surface area (Å²) in [6, 6.07) is 7.14. The van der Waals surface area contributed by atoms with Crippen LogP contribution in [0.1, 0.15) is 23.2 Å². The average Bonchev–Trinajstić information content (AvgIpc) is 2.95. The highest BCUT2D eigenvalue weighted by Gasteiger charge is 2.18. The second kappa shape index (κ2) is 5.65. The first kappa shape index (κ1) is 14.3. The number of rotatable bonds is 3. The van der Waals surface area contributed by atoms with Gasteiger partial charge in [-0.3, -0.25) is 4.98 Å². The van der Waals surface area contributed by atoms with Crippen LogP contribution < -0.4 is 0 Å². The minimum atomic E-state index is -1.14. The van der Waals surface area contributed by atoms with Gasteiger partial charge in [0.25, 0.3) is 0 Å². The number of hydrogen-bond donors (Lipinski definition) is 1. The van der Waals surface area contributed by atoms with E-state index in [9.17, 15) is 13.9 Å². The third-order valence-corrected chi connectivity index (χ3v) is 3.25. The number of pyridine rings is 1. The zero-order chi connectivity index (χ0) is 15.7. The molecule has 0 aliphatic carbocycles. The zero-order valence-corrected chi connectivity index (χ0v) is 11.7.